The van der Waals surface area contributed by atoms with Crippen molar-refractivity contribution in [3.05, 3.63) is 52.5 Å². The lowest BCUT2D eigenvalue weighted by Crippen LogP contribution is -2.35. The van der Waals surface area contributed by atoms with Crippen LogP contribution in [0.4, 0.5) is 5.69 Å². The SMILES string of the molecule is COc1ccccc1NC(=O)C(C)OC(=O)CNS(=O)(=O)c1ccc(Cl)c(Cl)c1. The summed E-state index contributed by atoms with van der Waals surface area (Å²) in [6, 6.07) is 10.4. The van der Waals surface area contributed by atoms with Crippen LogP contribution in [0.1, 0.15) is 6.92 Å². The molecule has 2 N–H and O–H groups in total. The second kappa shape index (κ2) is 9.93. The normalized spacial score (nSPS) is 12.1. The van der Waals surface area contributed by atoms with Crippen LogP contribution in [-0.2, 0) is 24.3 Å². The van der Waals surface area contributed by atoms with E-state index in [9.17, 15) is 18.0 Å². The lowest BCUT2D eigenvalue weighted by atomic mass is 10.2. The van der Waals surface area contributed by atoms with Crippen molar-refractivity contribution in [2.24, 2.45) is 0 Å². The molecule has 1 unspecified atom stereocenters. The van der Waals surface area contributed by atoms with Crippen molar-refractivity contribution in [1.29, 1.82) is 0 Å². The smallest absolute Gasteiger partial charge is 0.321 e. The van der Waals surface area contributed by atoms with E-state index in [1.165, 1.54) is 26.2 Å². The van der Waals surface area contributed by atoms with E-state index >= 15 is 0 Å². The zero-order valence-corrected chi connectivity index (χ0v) is 17.8. The maximum absolute atomic E-state index is 12.2. The van der Waals surface area contributed by atoms with E-state index in [1.54, 1.807) is 24.3 Å². The Labute approximate surface area is 178 Å². The summed E-state index contributed by atoms with van der Waals surface area (Å²) in [7, 11) is -2.57. The average molecular weight is 461 g/mol. The van der Waals surface area contributed by atoms with Crippen LogP contribution in [0, 0.1) is 0 Å². The molecule has 29 heavy (non-hydrogen) atoms. The number of halogens is 2. The zero-order chi connectivity index (χ0) is 21.6. The standard InChI is InChI=1S/C18H18Cl2N2O6S/c1-11(18(24)22-15-5-3-4-6-16(15)27-2)28-17(23)10-21-29(25,26)12-7-8-13(19)14(20)9-12/h3-9,11,21H,10H2,1-2H3,(H,22,24). The third kappa shape index (κ3) is 6.33. The summed E-state index contributed by atoms with van der Waals surface area (Å²) in [6.45, 7) is 0.685. The monoisotopic (exact) mass is 460 g/mol. The Morgan fingerprint density at radius 3 is 2.45 bits per heavy atom. The predicted molar refractivity (Wildman–Crippen MR) is 109 cm³/mol. The minimum atomic E-state index is -4.02. The van der Waals surface area contributed by atoms with Crippen LogP contribution in [-0.4, -0.2) is 40.1 Å². The molecule has 0 saturated heterocycles. The third-order valence-electron chi connectivity index (χ3n) is 3.65. The number of carbonyl (C=O) groups excluding carboxylic acids is 2. The third-order valence-corrected chi connectivity index (χ3v) is 5.79. The molecule has 0 spiro atoms. The van der Waals surface area contributed by atoms with Crippen LogP contribution in [0.5, 0.6) is 5.75 Å². The number of anilines is 1. The van der Waals surface area contributed by atoms with Gasteiger partial charge in [0.05, 0.1) is 27.7 Å². The van der Waals surface area contributed by atoms with Gasteiger partial charge in [-0.05, 0) is 37.3 Å². The van der Waals surface area contributed by atoms with Gasteiger partial charge in [0.25, 0.3) is 5.91 Å². The van der Waals surface area contributed by atoms with Gasteiger partial charge in [0, 0.05) is 0 Å². The van der Waals surface area contributed by atoms with E-state index in [4.69, 9.17) is 32.7 Å². The van der Waals surface area contributed by atoms with E-state index < -0.39 is 34.5 Å². The van der Waals surface area contributed by atoms with Gasteiger partial charge in [-0.25, -0.2) is 8.42 Å². The molecular weight excluding hydrogens is 443 g/mol. The Balaban J connectivity index is 1.92. The number of nitrogens with one attached hydrogen (secondary N) is 2. The zero-order valence-electron chi connectivity index (χ0n) is 15.4. The van der Waals surface area contributed by atoms with Crippen LogP contribution in [0.15, 0.2) is 47.4 Å². The highest BCUT2D eigenvalue weighted by atomic mass is 35.5. The molecule has 11 heteroatoms. The quantitative estimate of drug-likeness (QED) is 0.585. The first-order valence-corrected chi connectivity index (χ1v) is 10.5. The molecule has 0 fully saturated rings. The number of carbonyl (C=O) groups is 2. The molecule has 0 aliphatic heterocycles. The fourth-order valence-corrected chi connectivity index (χ4v) is 3.51. The Bertz CT molecular complexity index is 1010. The molecule has 2 rings (SSSR count). The topological polar surface area (TPSA) is 111 Å². The fraction of sp³-hybridized carbons (Fsp3) is 0.222. The first kappa shape index (κ1) is 23.0. The van der Waals surface area contributed by atoms with Crippen molar-refractivity contribution < 1.29 is 27.5 Å². The van der Waals surface area contributed by atoms with E-state index in [0.29, 0.717) is 11.4 Å². The number of methoxy groups -OCH3 is 1. The van der Waals surface area contributed by atoms with Crippen LogP contribution < -0.4 is 14.8 Å². The minimum Gasteiger partial charge on any atom is -0.495 e. The molecule has 1 atom stereocenters. The van der Waals surface area contributed by atoms with Crippen molar-refractivity contribution >= 4 is 50.8 Å². The minimum absolute atomic E-state index is 0.0544. The van der Waals surface area contributed by atoms with Gasteiger partial charge in [0.15, 0.2) is 6.10 Å². The number of sulfonamides is 1. The van der Waals surface area contributed by atoms with Crippen LogP contribution in [0.25, 0.3) is 0 Å². The van der Waals surface area contributed by atoms with Crippen molar-refractivity contribution in [1.82, 2.24) is 4.72 Å². The molecular formula is C18H18Cl2N2O6S. The molecule has 156 valence electrons. The van der Waals surface area contributed by atoms with Gasteiger partial charge in [-0.15, -0.1) is 0 Å². The Hall–Kier alpha value is -2.33. The van der Waals surface area contributed by atoms with Gasteiger partial charge in [0.2, 0.25) is 10.0 Å². The van der Waals surface area contributed by atoms with Crippen molar-refractivity contribution in [3.63, 3.8) is 0 Å². The summed E-state index contributed by atoms with van der Waals surface area (Å²) >= 11 is 11.6. The summed E-state index contributed by atoms with van der Waals surface area (Å²) in [5.41, 5.74) is 0.406. The average Bonchev–Trinajstić information content (AvgIpc) is 2.68. The second-order valence-electron chi connectivity index (χ2n) is 5.72. The first-order valence-electron chi connectivity index (χ1n) is 8.22. The number of rotatable bonds is 8. The molecule has 2 aromatic carbocycles. The van der Waals surface area contributed by atoms with E-state index in [2.05, 4.69) is 10.0 Å². The first-order chi connectivity index (χ1) is 13.6. The molecule has 0 radical (unpaired) electrons. The van der Waals surface area contributed by atoms with Crippen molar-refractivity contribution in [3.8, 4) is 5.75 Å². The highest BCUT2D eigenvalue weighted by Gasteiger charge is 2.21. The lowest BCUT2D eigenvalue weighted by molar-refractivity contribution is -0.151. The number of benzene rings is 2. The molecule has 1 amide bonds. The van der Waals surface area contributed by atoms with E-state index in [-0.39, 0.29) is 14.9 Å². The molecule has 0 aromatic heterocycles. The summed E-state index contributed by atoms with van der Waals surface area (Å²) < 4.78 is 36.6. The molecule has 0 heterocycles. The maximum Gasteiger partial charge on any atom is 0.321 e. The van der Waals surface area contributed by atoms with Crippen LogP contribution in [0.3, 0.4) is 0 Å². The number of amides is 1. The Morgan fingerprint density at radius 2 is 1.79 bits per heavy atom. The summed E-state index contributed by atoms with van der Waals surface area (Å²) in [5, 5.41) is 2.82. The van der Waals surface area contributed by atoms with Crippen LogP contribution in [0.2, 0.25) is 10.0 Å². The van der Waals surface area contributed by atoms with Gasteiger partial charge in [-0.3, -0.25) is 9.59 Å². The highest BCUT2D eigenvalue weighted by Crippen LogP contribution is 2.25. The van der Waals surface area contributed by atoms with Gasteiger partial charge < -0.3 is 14.8 Å². The second-order valence-corrected chi connectivity index (χ2v) is 8.30. The molecule has 0 aliphatic carbocycles. The van der Waals surface area contributed by atoms with Gasteiger partial charge in [-0.2, -0.15) is 4.72 Å². The number of ether oxygens (including phenoxy) is 2. The van der Waals surface area contributed by atoms with Gasteiger partial charge in [0.1, 0.15) is 12.3 Å². The summed E-state index contributed by atoms with van der Waals surface area (Å²) in [6.07, 6.45) is -1.16. The van der Waals surface area contributed by atoms with Crippen molar-refractivity contribution in [2.75, 3.05) is 19.0 Å². The van der Waals surface area contributed by atoms with Crippen molar-refractivity contribution in [2.45, 2.75) is 17.9 Å². The lowest BCUT2D eigenvalue weighted by Gasteiger charge is -2.15. The number of para-hydroxylation sites is 2. The highest BCUT2D eigenvalue weighted by molar-refractivity contribution is 7.89. The predicted octanol–water partition coefficient (Wildman–Crippen LogP) is 2.85. The number of esters is 1. The number of hydrogen-bond acceptors (Lipinski definition) is 6. The van der Waals surface area contributed by atoms with Gasteiger partial charge >= 0.3 is 5.97 Å². The Morgan fingerprint density at radius 1 is 1.10 bits per heavy atom. The molecule has 0 aliphatic rings. The fourth-order valence-electron chi connectivity index (χ4n) is 2.16. The molecule has 8 nitrogen and oxygen atoms in total. The largest absolute Gasteiger partial charge is 0.495 e. The molecule has 2 aromatic rings. The summed E-state index contributed by atoms with van der Waals surface area (Å²) in [4.78, 5) is 24.0. The Kier molecular flexibility index (Phi) is 7.86. The number of hydrogen-bond donors (Lipinski definition) is 2. The van der Waals surface area contributed by atoms with Gasteiger partial charge in [-0.1, -0.05) is 35.3 Å². The van der Waals surface area contributed by atoms with E-state index in [0.717, 1.165) is 6.07 Å². The molecule has 0 saturated carbocycles. The van der Waals surface area contributed by atoms with Crippen LogP contribution >= 0.6 is 23.2 Å². The maximum atomic E-state index is 12.2. The van der Waals surface area contributed by atoms with E-state index in [1.807, 2.05) is 0 Å². The summed E-state index contributed by atoms with van der Waals surface area (Å²) in [5.74, 6) is -1.10. The molecule has 0 bridgehead atoms.